The van der Waals surface area contributed by atoms with Crippen LogP contribution in [0.5, 0.6) is 0 Å². The third-order valence-corrected chi connectivity index (χ3v) is 11.6. The largest absolute Gasteiger partial charge is 0.456 e. The zero-order valence-corrected chi connectivity index (χ0v) is 32.1. The van der Waals surface area contributed by atoms with Gasteiger partial charge < -0.3 is 13.4 Å². The normalized spacial score (nSPS) is 11.9. The van der Waals surface area contributed by atoms with Gasteiger partial charge in [-0.05, 0) is 42.5 Å². The molecule has 4 heterocycles. The minimum Gasteiger partial charge on any atom is -0.456 e. The van der Waals surface area contributed by atoms with Crippen LogP contribution in [-0.4, -0.2) is 98.0 Å². The molecule has 0 saturated heterocycles. The number of fused-ring (bicyclic) bond motifs is 10. The Morgan fingerprint density at radius 3 is 1.49 bits per heavy atom. The van der Waals surface area contributed by atoms with Crippen LogP contribution in [0.3, 0.4) is 0 Å². The van der Waals surface area contributed by atoms with Crippen molar-refractivity contribution in [2.45, 2.75) is 0 Å². The van der Waals surface area contributed by atoms with Crippen LogP contribution in [0.4, 0.5) is 0 Å². The van der Waals surface area contributed by atoms with E-state index in [2.05, 4.69) is 47.0 Å². The van der Waals surface area contributed by atoms with Gasteiger partial charge in [-0.3, -0.25) is 0 Å². The van der Waals surface area contributed by atoms with Crippen molar-refractivity contribution >= 4 is 199 Å². The molecule has 20 radical (unpaired) electrons. The lowest BCUT2D eigenvalue weighted by Crippen LogP contribution is -2.55. The standard InChI is InChI=1S/C45H16B10N4O2/c46-31-29(32(47)36(51)39(54)35(31)50)44-56-43(57-45(58-44)30-33(48)37(52)40(55)38(53)34(30)49)17-9-11-21-22-12-10-18(16-28(22)60-27(21)15-17)59-25-7-3-1-5-19(25)23-13-14-24-20-6-2-4-8-26(20)61-42(24)41(23)59/h1-16H. The van der Waals surface area contributed by atoms with Crippen molar-refractivity contribution in [3.63, 3.8) is 0 Å². The van der Waals surface area contributed by atoms with E-state index in [1.807, 2.05) is 54.6 Å². The van der Waals surface area contributed by atoms with Gasteiger partial charge in [0, 0.05) is 55.1 Å². The van der Waals surface area contributed by atoms with E-state index in [0.717, 1.165) is 60.2 Å². The number of hydrogen-bond donors (Lipinski definition) is 0. The van der Waals surface area contributed by atoms with E-state index in [-0.39, 0.29) is 83.2 Å². The molecule has 0 atom stereocenters. The number of aromatic nitrogens is 4. The van der Waals surface area contributed by atoms with Gasteiger partial charge in [-0.1, -0.05) is 70.4 Å². The Labute approximate surface area is 362 Å². The lowest BCUT2D eigenvalue weighted by Gasteiger charge is -2.22. The molecule has 7 aromatic carbocycles. The Balaban J connectivity index is 1.11. The van der Waals surface area contributed by atoms with Crippen LogP contribution in [0.25, 0.3) is 106 Å². The predicted molar refractivity (Wildman–Crippen MR) is 259 cm³/mol. The maximum absolute atomic E-state index is 6.63. The van der Waals surface area contributed by atoms with Crippen molar-refractivity contribution in [3.05, 3.63) is 97.1 Å². The van der Waals surface area contributed by atoms with Crippen LogP contribution < -0.4 is 54.6 Å². The third-order valence-electron chi connectivity index (χ3n) is 11.6. The van der Waals surface area contributed by atoms with Crippen LogP contribution in [0.2, 0.25) is 0 Å². The third kappa shape index (κ3) is 5.40. The molecule has 0 aliphatic heterocycles. The molecular formula is C45H16B10N4O2. The fraction of sp³-hybridized carbons (Fsp3) is 0. The maximum atomic E-state index is 6.63. The van der Waals surface area contributed by atoms with Crippen LogP contribution in [-0.2, 0) is 0 Å². The Hall–Kier alpha value is -6.40. The fourth-order valence-corrected chi connectivity index (χ4v) is 8.45. The van der Waals surface area contributed by atoms with E-state index >= 15 is 0 Å². The summed E-state index contributed by atoms with van der Waals surface area (Å²) in [5, 5.41) is 6.04. The highest BCUT2D eigenvalue weighted by Gasteiger charge is 2.23. The lowest BCUT2D eigenvalue weighted by molar-refractivity contribution is 0.668. The molecule has 4 aromatic heterocycles. The van der Waals surface area contributed by atoms with E-state index in [4.69, 9.17) is 102 Å². The lowest BCUT2D eigenvalue weighted by atomic mass is 9.60. The summed E-state index contributed by atoms with van der Waals surface area (Å²) in [4.78, 5) is 14.3. The molecule has 16 heteroatoms. The first-order valence-corrected chi connectivity index (χ1v) is 19.0. The molecule has 0 N–H and O–H groups in total. The second kappa shape index (κ2) is 13.6. The molecular weight excluding hydrogens is 737 g/mol. The van der Waals surface area contributed by atoms with E-state index in [1.165, 1.54) is 0 Å². The highest BCUT2D eigenvalue weighted by Crippen LogP contribution is 2.41. The number of para-hydroxylation sites is 2. The Kier molecular flexibility index (Phi) is 8.35. The summed E-state index contributed by atoms with van der Waals surface area (Å²) < 4.78 is 15.4. The van der Waals surface area contributed by atoms with Gasteiger partial charge in [-0.2, -0.15) is 0 Å². The van der Waals surface area contributed by atoms with Gasteiger partial charge in [-0.15, -0.1) is 32.8 Å². The SMILES string of the molecule is [B]c1c([B])c([B])c(-c2nc(-c3ccc4c(c3)oc3cc(-n5c6ccccc6c6ccc7c8ccccc8oc7c65)ccc34)nc(-c3c([B])c([B])c([B])c([B])c3[B])n2)c([B])c1[B]. The molecule has 0 aliphatic carbocycles. The molecule has 11 rings (SSSR count). The summed E-state index contributed by atoms with van der Waals surface area (Å²) in [7, 11) is 63.3. The Bertz CT molecular complexity index is 3600. The summed E-state index contributed by atoms with van der Waals surface area (Å²) in [6.45, 7) is 0. The molecule has 0 spiro atoms. The van der Waals surface area contributed by atoms with Crippen LogP contribution in [0, 0.1) is 0 Å². The summed E-state index contributed by atoms with van der Waals surface area (Å²) in [6, 6.07) is 32.5. The van der Waals surface area contributed by atoms with Gasteiger partial charge in [0.05, 0.1) is 16.7 Å². The Morgan fingerprint density at radius 1 is 0.377 bits per heavy atom. The zero-order valence-electron chi connectivity index (χ0n) is 32.1. The second-order valence-electron chi connectivity index (χ2n) is 15.0. The van der Waals surface area contributed by atoms with Crippen molar-refractivity contribution < 1.29 is 8.83 Å². The van der Waals surface area contributed by atoms with E-state index in [0.29, 0.717) is 16.7 Å². The number of benzene rings is 7. The van der Waals surface area contributed by atoms with E-state index in [9.17, 15) is 0 Å². The summed E-state index contributed by atoms with van der Waals surface area (Å²) in [5.74, 6) is 0.171. The molecule has 0 aliphatic rings. The molecule has 0 amide bonds. The smallest absolute Gasteiger partial charge is 0.164 e. The number of nitrogens with zero attached hydrogens (tertiary/aromatic N) is 4. The van der Waals surface area contributed by atoms with Gasteiger partial charge in [-0.25, -0.2) is 15.0 Å². The molecule has 0 saturated carbocycles. The molecule has 0 unspecified atom stereocenters. The topological polar surface area (TPSA) is 69.9 Å². The van der Waals surface area contributed by atoms with Crippen molar-refractivity contribution in [1.29, 1.82) is 0 Å². The van der Waals surface area contributed by atoms with Gasteiger partial charge in [0.2, 0.25) is 0 Å². The van der Waals surface area contributed by atoms with Crippen molar-refractivity contribution in [3.8, 4) is 39.9 Å². The molecule has 0 bridgehead atoms. The highest BCUT2D eigenvalue weighted by molar-refractivity contribution is 6.70. The first-order valence-electron chi connectivity index (χ1n) is 19.0. The Morgan fingerprint density at radius 2 is 0.852 bits per heavy atom. The van der Waals surface area contributed by atoms with Crippen molar-refractivity contribution in [2.75, 3.05) is 0 Å². The maximum Gasteiger partial charge on any atom is 0.164 e. The van der Waals surface area contributed by atoms with Crippen LogP contribution >= 0.6 is 0 Å². The quantitative estimate of drug-likeness (QED) is 0.232. The number of rotatable bonds is 4. The molecule has 0 fully saturated rings. The predicted octanol–water partition coefficient (Wildman–Crippen LogP) is -0.293. The van der Waals surface area contributed by atoms with Gasteiger partial charge in [0.25, 0.3) is 0 Å². The molecule has 61 heavy (non-hydrogen) atoms. The minimum atomic E-state index is 0.000231. The van der Waals surface area contributed by atoms with Crippen molar-refractivity contribution in [1.82, 2.24) is 19.5 Å². The summed E-state index contributed by atoms with van der Waals surface area (Å²) in [6.07, 6.45) is 0. The summed E-state index contributed by atoms with van der Waals surface area (Å²) in [5.41, 5.74) is 6.68. The van der Waals surface area contributed by atoms with E-state index < -0.39 is 0 Å². The summed E-state index contributed by atoms with van der Waals surface area (Å²) >= 11 is 0. The molecule has 6 nitrogen and oxygen atoms in total. The van der Waals surface area contributed by atoms with Gasteiger partial charge in [0.15, 0.2) is 23.1 Å². The minimum absolute atomic E-state index is 0.000231. The zero-order chi connectivity index (χ0) is 42.2. The van der Waals surface area contributed by atoms with Gasteiger partial charge >= 0.3 is 0 Å². The second-order valence-corrected chi connectivity index (χ2v) is 15.0. The van der Waals surface area contributed by atoms with Gasteiger partial charge in [0.1, 0.15) is 95.2 Å². The van der Waals surface area contributed by atoms with E-state index in [1.54, 1.807) is 0 Å². The van der Waals surface area contributed by atoms with Crippen molar-refractivity contribution in [2.24, 2.45) is 0 Å². The fourth-order valence-electron chi connectivity index (χ4n) is 8.45. The monoisotopic (exact) mass is 754 g/mol. The first kappa shape index (κ1) is 37.6. The number of furan rings is 2. The van der Waals surface area contributed by atoms with Crippen LogP contribution in [0.15, 0.2) is 106 Å². The first-order chi connectivity index (χ1) is 29.4. The highest BCUT2D eigenvalue weighted by atomic mass is 16.3. The number of hydrogen-bond acceptors (Lipinski definition) is 5. The molecule has 258 valence electrons. The average Bonchev–Trinajstić information content (AvgIpc) is 3.95. The molecule has 11 aromatic rings. The average molecular weight is 753 g/mol. The van der Waals surface area contributed by atoms with Crippen LogP contribution in [0.1, 0.15) is 0 Å².